The Bertz CT molecular complexity index is 816. The van der Waals surface area contributed by atoms with E-state index in [9.17, 15) is 9.59 Å². The van der Waals surface area contributed by atoms with E-state index < -0.39 is 5.97 Å². The molecule has 1 aromatic carbocycles. The number of aliphatic carboxylic acids is 1. The highest BCUT2D eigenvalue weighted by Gasteiger charge is 2.38. The zero-order valence-corrected chi connectivity index (χ0v) is 20.3. The van der Waals surface area contributed by atoms with Gasteiger partial charge in [0.2, 0.25) is 5.91 Å². The first-order valence-corrected chi connectivity index (χ1v) is 12.1. The Morgan fingerprint density at radius 3 is 2.25 bits per heavy atom. The standard InChI is InChI=1S/C13H17NO3.C12H20N2S/c1-14(10-11-6-3-2-4-7-11)12(15)8-5-9-13(16)17;1-14(2)12(11-4-3-9-15-11)7-5-10(13)6-8-12/h2-4,6-7H,5,8-10H2,1H3,(H,16,17);3-4,9-10H,5-8,13H2,1-2H3. The Kier molecular flexibility index (Phi) is 10.4. The molecule has 0 aliphatic heterocycles. The summed E-state index contributed by atoms with van der Waals surface area (Å²) in [5, 5.41) is 10.7. The van der Waals surface area contributed by atoms with E-state index in [1.165, 1.54) is 17.7 Å². The molecule has 0 saturated heterocycles. The molecule has 1 aliphatic carbocycles. The molecule has 0 spiro atoms. The molecule has 0 atom stereocenters. The van der Waals surface area contributed by atoms with E-state index in [-0.39, 0.29) is 24.3 Å². The average Bonchev–Trinajstić information content (AvgIpc) is 3.30. The Balaban J connectivity index is 0.000000228. The summed E-state index contributed by atoms with van der Waals surface area (Å²) in [7, 11) is 6.11. The summed E-state index contributed by atoms with van der Waals surface area (Å²) >= 11 is 1.88. The Morgan fingerprint density at radius 2 is 1.72 bits per heavy atom. The van der Waals surface area contributed by atoms with E-state index in [1.54, 1.807) is 11.9 Å². The predicted molar refractivity (Wildman–Crippen MR) is 131 cm³/mol. The summed E-state index contributed by atoms with van der Waals surface area (Å²) < 4.78 is 0. The zero-order chi connectivity index (χ0) is 23.6. The zero-order valence-electron chi connectivity index (χ0n) is 19.5. The van der Waals surface area contributed by atoms with Gasteiger partial charge in [0, 0.05) is 37.4 Å². The van der Waals surface area contributed by atoms with Gasteiger partial charge in [-0.25, -0.2) is 0 Å². The third-order valence-electron chi connectivity index (χ3n) is 6.16. The van der Waals surface area contributed by atoms with Gasteiger partial charge in [-0.1, -0.05) is 36.4 Å². The summed E-state index contributed by atoms with van der Waals surface area (Å²) in [4.78, 5) is 27.5. The second kappa shape index (κ2) is 12.7. The van der Waals surface area contributed by atoms with Crippen LogP contribution in [0.25, 0.3) is 0 Å². The number of carbonyl (C=O) groups excluding carboxylic acids is 1. The molecular formula is C25H37N3O3S. The van der Waals surface area contributed by atoms with Gasteiger partial charge in [-0.3, -0.25) is 14.5 Å². The van der Waals surface area contributed by atoms with Crippen LogP contribution in [0.4, 0.5) is 0 Å². The number of benzene rings is 1. The fraction of sp³-hybridized carbons (Fsp3) is 0.520. The van der Waals surface area contributed by atoms with Gasteiger partial charge in [0.1, 0.15) is 0 Å². The number of hydrogen-bond donors (Lipinski definition) is 2. The molecule has 1 aromatic heterocycles. The number of carboxylic acid groups (broad SMARTS) is 1. The van der Waals surface area contributed by atoms with E-state index in [1.807, 2.05) is 41.7 Å². The van der Waals surface area contributed by atoms with E-state index in [2.05, 4.69) is 36.5 Å². The van der Waals surface area contributed by atoms with Crippen LogP contribution < -0.4 is 5.73 Å². The molecule has 6 nitrogen and oxygen atoms in total. The lowest BCUT2D eigenvalue weighted by atomic mass is 9.78. The Hall–Kier alpha value is -2.22. The van der Waals surface area contributed by atoms with Crippen LogP contribution in [0.2, 0.25) is 0 Å². The van der Waals surface area contributed by atoms with Gasteiger partial charge in [-0.05, 0) is 63.2 Å². The van der Waals surface area contributed by atoms with Crippen molar-refractivity contribution in [1.29, 1.82) is 0 Å². The fourth-order valence-electron chi connectivity index (χ4n) is 4.10. The molecule has 176 valence electrons. The van der Waals surface area contributed by atoms with Crippen molar-refractivity contribution in [2.45, 2.75) is 63.1 Å². The topological polar surface area (TPSA) is 86.9 Å². The number of nitrogens with zero attached hydrogens (tertiary/aromatic N) is 2. The Morgan fingerprint density at radius 1 is 1.06 bits per heavy atom. The van der Waals surface area contributed by atoms with Gasteiger partial charge < -0.3 is 15.7 Å². The number of thiophene rings is 1. The minimum atomic E-state index is -0.858. The minimum absolute atomic E-state index is 0.0184. The average molecular weight is 460 g/mol. The lowest BCUT2D eigenvalue weighted by Crippen LogP contribution is -2.46. The Labute approximate surface area is 196 Å². The molecule has 7 heteroatoms. The van der Waals surface area contributed by atoms with Crippen molar-refractivity contribution in [3.05, 3.63) is 58.3 Å². The largest absolute Gasteiger partial charge is 0.481 e. The van der Waals surface area contributed by atoms with Gasteiger partial charge in [0.25, 0.3) is 0 Å². The molecule has 0 radical (unpaired) electrons. The predicted octanol–water partition coefficient (Wildman–Crippen LogP) is 4.31. The van der Waals surface area contributed by atoms with Gasteiger partial charge in [0.05, 0.1) is 5.54 Å². The van der Waals surface area contributed by atoms with E-state index in [0.29, 0.717) is 19.0 Å². The van der Waals surface area contributed by atoms with Crippen LogP contribution in [0.15, 0.2) is 47.8 Å². The molecule has 0 unspecified atom stereocenters. The van der Waals surface area contributed by atoms with Gasteiger partial charge in [-0.2, -0.15) is 0 Å². The molecule has 2 aromatic rings. The number of carboxylic acids is 1. The molecule has 32 heavy (non-hydrogen) atoms. The summed E-state index contributed by atoms with van der Waals surface area (Å²) in [5.41, 5.74) is 7.32. The monoisotopic (exact) mass is 459 g/mol. The first-order valence-electron chi connectivity index (χ1n) is 11.2. The smallest absolute Gasteiger partial charge is 0.303 e. The lowest BCUT2D eigenvalue weighted by Gasteiger charge is -2.44. The number of nitrogens with two attached hydrogens (primary N) is 1. The van der Waals surface area contributed by atoms with Crippen molar-refractivity contribution in [2.24, 2.45) is 5.73 Å². The molecule has 1 aliphatic rings. The molecular weight excluding hydrogens is 422 g/mol. The molecule has 1 amide bonds. The number of hydrogen-bond acceptors (Lipinski definition) is 5. The maximum absolute atomic E-state index is 11.7. The molecule has 3 rings (SSSR count). The number of rotatable bonds is 8. The molecule has 1 heterocycles. The van der Waals surface area contributed by atoms with Crippen LogP contribution in [0.5, 0.6) is 0 Å². The van der Waals surface area contributed by atoms with Crippen molar-refractivity contribution >= 4 is 23.2 Å². The molecule has 1 saturated carbocycles. The van der Waals surface area contributed by atoms with Gasteiger partial charge >= 0.3 is 5.97 Å². The third-order valence-corrected chi connectivity index (χ3v) is 7.23. The summed E-state index contributed by atoms with van der Waals surface area (Å²) in [6.45, 7) is 0.562. The minimum Gasteiger partial charge on any atom is -0.481 e. The van der Waals surface area contributed by atoms with Crippen LogP contribution in [0.3, 0.4) is 0 Å². The van der Waals surface area contributed by atoms with E-state index in [0.717, 1.165) is 18.4 Å². The molecule has 3 N–H and O–H groups in total. The maximum atomic E-state index is 11.7. The first kappa shape index (κ1) is 26.0. The van der Waals surface area contributed by atoms with Crippen LogP contribution >= 0.6 is 11.3 Å². The summed E-state index contributed by atoms with van der Waals surface area (Å²) in [6, 6.07) is 14.5. The SMILES string of the molecule is CN(C)C1(c2cccs2)CCC(N)CC1.CN(Cc1ccccc1)C(=O)CCCC(=O)O. The fourth-order valence-corrected chi connectivity index (χ4v) is 5.17. The quantitative estimate of drug-likeness (QED) is 0.614. The molecule has 1 fully saturated rings. The highest BCUT2D eigenvalue weighted by atomic mass is 32.1. The second-order valence-electron chi connectivity index (χ2n) is 8.72. The first-order chi connectivity index (χ1) is 15.2. The summed E-state index contributed by atoms with van der Waals surface area (Å²) in [5.74, 6) is -0.876. The maximum Gasteiger partial charge on any atom is 0.303 e. The van der Waals surface area contributed by atoms with Gasteiger partial charge in [-0.15, -0.1) is 11.3 Å². The lowest BCUT2D eigenvalue weighted by molar-refractivity contribution is -0.137. The molecule has 0 bridgehead atoms. The normalized spacial score (nSPS) is 20.3. The number of carbonyl (C=O) groups is 2. The van der Waals surface area contributed by atoms with Crippen molar-refractivity contribution < 1.29 is 14.7 Å². The summed E-state index contributed by atoms with van der Waals surface area (Å²) in [6.07, 6.45) is 5.42. The van der Waals surface area contributed by atoms with Crippen LogP contribution in [-0.2, 0) is 21.7 Å². The highest BCUT2D eigenvalue weighted by molar-refractivity contribution is 7.10. The van der Waals surface area contributed by atoms with Crippen molar-refractivity contribution in [3.8, 4) is 0 Å². The van der Waals surface area contributed by atoms with E-state index >= 15 is 0 Å². The van der Waals surface area contributed by atoms with E-state index in [4.69, 9.17) is 10.8 Å². The van der Waals surface area contributed by atoms with Crippen LogP contribution in [0, 0.1) is 0 Å². The third kappa shape index (κ3) is 7.73. The number of amides is 1. The van der Waals surface area contributed by atoms with Crippen molar-refractivity contribution in [1.82, 2.24) is 9.80 Å². The highest BCUT2D eigenvalue weighted by Crippen LogP contribution is 2.42. The van der Waals surface area contributed by atoms with Crippen LogP contribution in [0.1, 0.15) is 55.4 Å². The van der Waals surface area contributed by atoms with Crippen molar-refractivity contribution in [2.75, 3.05) is 21.1 Å². The van der Waals surface area contributed by atoms with Crippen molar-refractivity contribution in [3.63, 3.8) is 0 Å². The van der Waals surface area contributed by atoms with Gasteiger partial charge in [0.15, 0.2) is 0 Å². The van der Waals surface area contributed by atoms with Crippen LogP contribution in [-0.4, -0.2) is 54.0 Å². The second-order valence-corrected chi connectivity index (χ2v) is 9.67.